The summed E-state index contributed by atoms with van der Waals surface area (Å²) in [6.45, 7) is 3.42. The third-order valence-electron chi connectivity index (χ3n) is 2.23. The summed E-state index contributed by atoms with van der Waals surface area (Å²) in [5, 5.41) is 18.7. The van der Waals surface area contributed by atoms with Gasteiger partial charge in [-0.2, -0.15) is 0 Å². The molecule has 3 heteroatoms. The molecule has 0 heterocycles. The fraction of sp³-hybridized carbons (Fsp3) is 0.400. The molecule has 0 fully saturated rings. The van der Waals surface area contributed by atoms with Crippen molar-refractivity contribution in [1.82, 2.24) is 0 Å². The lowest BCUT2D eigenvalue weighted by Gasteiger charge is -2.17. The molecule has 2 unspecified atom stereocenters. The lowest BCUT2D eigenvalue weighted by Crippen LogP contribution is -2.23. The first-order valence-electron chi connectivity index (χ1n) is 4.26. The van der Waals surface area contributed by atoms with Crippen LogP contribution in [0.2, 0.25) is 0 Å². The number of rotatable bonds is 2. The van der Waals surface area contributed by atoms with E-state index in [9.17, 15) is 10.2 Å². The van der Waals surface area contributed by atoms with E-state index in [-0.39, 0.29) is 5.75 Å². The number of hydrogen-bond acceptors (Lipinski definition) is 3. The largest absolute Gasteiger partial charge is 0.508 e. The molecule has 1 aromatic carbocycles. The number of aliphatic hydroxyl groups excluding tert-OH is 1. The van der Waals surface area contributed by atoms with Gasteiger partial charge in [0.1, 0.15) is 5.75 Å². The highest BCUT2D eigenvalue weighted by Crippen LogP contribution is 2.25. The minimum atomic E-state index is -0.611. The van der Waals surface area contributed by atoms with Crippen LogP contribution in [0.25, 0.3) is 0 Å². The van der Waals surface area contributed by atoms with Gasteiger partial charge in [0.05, 0.1) is 12.1 Å². The van der Waals surface area contributed by atoms with Crippen LogP contribution < -0.4 is 5.73 Å². The molecule has 0 spiro atoms. The van der Waals surface area contributed by atoms with Gasteiger partial charge in [-0.1, -0.05) is 12.1 Å². The van der Waals surface area contributed by atoms with Crippen molar-refractivity contribution in [2.24, 2.45) is 5.73 Å². The van der Waals surface area contributed by atoms with Crippen LogP contribution in [0.1, 0.15) is 24.1 Å². The van der Waals surface area contributed by atoms with Gasteiger partial charge in [-0.25, -0.2) is 0 Å². The first-order valence-corrected chi connectivity index (χ1v) is 4.26. The average molecular weight is 181 g/mol. The predicted molar refractivity (Wildman–Crippen MR) is 51.5 cm³/mol. The molecular formula is C10H15NO2. The Morgan fingerprint density at radius 2 is 2.00 bits per heavy atom. The van der Waals surface area contributed by atoms with Gasteiger partial charge in [0, 0.05) is 0 Å². The van der Waals surface area contributed by atoms with Crippen molar-refractivity contribution < 1.29 is 10.2 Å². The van der Waals surface area contributed by atoms with Gasteiger partial charge in [0.25, 0.3) is 0 Å². The Bertz CT molecular complexity index is 297. The molecule has 1 aromatic rings. The van der Waals surface area contributed by atoms with E-state index in [2.05, 4.69) is 0 Å². The first-order chi connectivity index (χ1) is 6.04. The van der Waals surface area contributed by atoms with E-state index >= 15 is 0 Å². The smallest absolute Gasteiger partial charge is 0.118 e. The molecule has 0 aliphatic heterocycles. The van der Waals surface area contributed by atoms with Gasteiger partial charge in [0.15, 0.2) is 0 Å². The number of aliphatic hydroxyl groups is 1. The average Bonchev–Trinajstić information content (AvgIpc) is 2.08. The van der Waals surface area contributed by atoms with Crippen LogP contribution in [-0.4, -0.2) is 16.3 Å². The molecule has 0 amide bonds. The van der Waals surface area contributed by atoms with Crippen molar-refractivity contribution >= 4 is 0 Å². The van der Waals surface area contributed by atoms with Crippen LogP contribution in [0.5, 0.6) is 5.75 Å². The van der Waals surface area contributed by atoms with E-state index in [0.29, 0.717) is 0 Å². The summed E-state index contributed by atoms with van der Waals surface area (Å²) in [6, 6.07) is 4.70. The van der Waals surface area contributed by atoms with E-state index < -0.39 is 12.1 Å². The Morgan fingerprint density at radius 1 is 1.38 bits per heavy atom. The fourth-order valence-corrected chi connectivity index (χ4v) is 1.26. The van der Waals surface area contributed by atoms with Crippen LogP contribution >= 0.6 is 0 Å². The molecule has 72 valence electrons. The monoisotopic (exact) mass is 181 g/mol. The summed E-state index contributed by atoms with van der Waals surface area (Å²) in [5.41, 5.74) is 7.27. The van der Waals surface area contributed by atoms with Crippen LogP contribution in [0.3, 0.4) is 0 Å². The Labute approximate surface area is 77.8 Å². The molecule has 2 atom stereocenters. The molecular weight excluding hydrogens is 166 g/mol. The molecule has 3 nitrogen and oxygen atoms in total. The van der Waals surface area contributed by atoms with E-state index in [1.807, 2.05) is 6.07 Å². The highest BCUT2D eigenvalue weighted by molar-refractivity contribution is 5.39. The second kappa shape index (κ2) is 3.77. The molecule has 0 bridgehead atoms. The number of phenolic OH excluding ortho intramolecular Hbond substituents is 1. The van der Waals surface area contributed by atoms with Gasteiger partial charge in [-0.05, 0) is 31.0 Å². The van der Waals surface area contributed by atoms with Crippen LogP contribution in [-0.2, 0) is 0 Å². The highest BCUT2D eigenvalue weighted by Gasteiger charge is 2.15. The zero-order valence-electron chi connectivity index (χ0n) is 7.86. The summed E-state index contributed by atoms with van der Waals surface area (Å²) in [5.74, 6) is 0.216. The molecule has 1 rings (SSSR count). The van der Waals surface area contributed by atoms with Crippen molar-refractivity contribution in [3.05, 3.63) is 29.3 Å². The summed E-state index contributed by atoms with van der Waals surface area (Å²) in [7, 11) is 0. The standard InChI is InChI=1S/C10H15NO2/c1-6-8(10(11)7(2)12)4-3-5-9(6)13/h3-5,7,10,12-13H,11H2,1-2H3. The summed E-state index contributed by atoms with van der Waals surface area (Å²) in [4.78, 5) is 0. The van der Waals surface area contributed by atoms with Crippen LogP contribution in [0.15, 0.2) is 18.2 Å². The van der Waals surface area contributed by atoms with E-state index in [1.54, 1.807) is 26.0 Å². The van der Waals surface area contributed by atoms with E-state index in [4.69, 9.17) is 5.73 Å². The predicted octanol–water partition coefficient (Wildman–Crippen LogP) is 1.08. The number of phenols is 1. The molecule has 0 aliphatic carbocycles. The zero-order valence-corrected chi connectivity index (χ0v) is 7.86. The fourth-order valence-electron chi connectivity index (χ4n) is 1.26. The van der Waals surface area contributed by atoms with Crippen LogP contribution in [0, 0.1) is 6.92 Å². The number of nitrogens with two attached hydrogens (primary N) is 1. The van der Waals surface area contributed by atoms with Gasteiger partial charge in [-0.3, -0.25) is 0 Å². The summed E-state index contributed by atoms with van der Waals surface area (Å²) < 4.78 is 0. The van der Waals surface area contributed by atoms with Crippen molar-refractivity contribution in [1.29, 1.82) is 0 Å². The quantitative estimate of drug-likeness (QED) is 0.639. The maximum absolute atomic E-state index is 9.39. The second-order valence-electron chi connectivity index (χ2n) is 3.26. The van der Waals surface area contributed by atoms with Crippen molar-refractivity contribution in [2.75, 3.05) is 0 Å². The Morgan fingerprint density at radius 3 is 2.54 bits per heavy atom. The maximum atomic E-state index is 9.39. The maximum Gasteiger partial charge on any atom is 0.118 e. The normalized spacial score (nSPS) is 15.4. The number of aromatic hydroxyl groups is 1. The molecule has 0 saturated carbocycles. The molecule has 0 aliphatic rings. The highest BCUT2D eigenvalue weighted by atomic mass is 16.3. The van der Waals surface area contributed by atoms with Gasteiger partial charge >= 0.3 is 0 Å². The van der Waals surface area contributed by atoms with Crippen molar-refractivity contribution in [2.45, 2.75) is 26.0 Å². The Kier molecular flexibility index (Phi) is 2.90. The van der Waals surface area contributed by atoms with Crippen molar-refractivity contribution in [3.63, 3.8) is 0 Å². The molecule has 0 radical (unpaired) electrons. The summed E-state index contributed by atoms with van der Waals surface area (Å²) in [6.07, 6.45) is -0.611. The number of hydrogen-bond donors (Lipinski definition) is 3. The molecule has 4 N–H and O–H groups in total. The lowest BCUT2D eigenvalue weighted by molar-refractivity contribution is 0.164. The molecule has 0 aromatic heterocycles. The van der Waals surface area contributed by atoms with Gasteiger partial charge in [-0.15, -0.1) is 0 Å². The number of benzene rings is 1. The lowest BCUT2D eigenvalue weighted by atomic mass is 9.98. The third kappa shape index (κ3) is 1.99. The molecule has 0 saturated heterocycles. The minimum absolute atomic E-state index is 0.216. The zero-order chi connectivity index (χ0) is 10.0. The van der Waals surface area contributed by atoms with Crippen molar-refractivity contribution in [3.8, 4) is 5.75 Å². The second-order valence-corrected chi connectivity index (χ2v) is 3.26. The SMILES string of the molecule is Cc1c(O)cccc1C(N)C(C)O. The van der Waals surface area contributed by atoms with Gasteiger partial charge in [0.2, 0.25) is 0 Å². The Balaban J connectivity index is 3.07. The van der Waals surface area contributed by atoms with E-state index in [1.165, 1.54) is 0 Å². The van der Waals surface area contributed by atoms with Gasteiger partial charge < -0.3 is 15.9 Å². The topological polar surface area (TPSA) is 66.5 Å². The van der Waals surface area contributed by atoms with Crippen LogP contribution in [0.4, 0.5) is 0 Å². The first kappa shape index (κ1) is 10.0. The summed E-state index contributed by atoms with van der Waals surface area (Å²) >= 11 is 0. The molecule has 13 heavy (non-hydrogen) atoms. The minimum Gasteiger partial charge on any atom is -0.508 e. The Hall–Kier alpha value is -1.06. The van der Waals surface area contributed by atoms with E-state index in [0.717, 1.165) is 11.1 Å². The third-order valence-corrected chi connectivity index (χ3v) is 2.23.